The predicted octanol–water partition coefficient (Wildman–Crippen LogP) is 2.41. The summed E-state index contributed by atoms with van der Waals surface area (Å²) in [5.74, 6) is 0. The molecule has 0 aliphatic rings. The molecule has 2 N–H and O–H groups in total. The van der Waals surface area contributed by atoms with Gasteiger partial charge in [0.1, 0.15) is 0 Å². The summed E-state index contributed by atoms with van der Waals surface area (Å²) in [6.45, 7) is 3.08. The van der Waals surface area contributed by atoms with Crippen LogP contribution in [0.2, 0.25) is 0 Å². The highest BCUT2D eigenvalue weighted by atomic mass is 15.0. The van der Waals surface area contributed by atoms with E-state index in [-0.39, 0.29) is 6.04 Å². The second-order valence-electron chi connectivity index (χ2n) is 4.71. The smallest absolute Gasteiger partial charge is 0.0949 e. The van der Waals surface area contributed by atoms with E-state index in [1.165, 1.54) is 5.56 Å². The van der Waals surface area contributed by atoms with Crippen molar-refractivity contribution in [1.29, 1.82) is 0 Å². The van der Waals surface area contributed by atoms with E-state index in [2.05, 4.69) is 46.9 Å². The highest BCUT2D eigenvalue weighted by molar-refractivity contribution is 5.14. The first-order valence-electron chi connectivity index (χ1n) is 6.58. The van der Waals surface area contributed by atoms with Crippen molar-refractivity contribution < 1.29 is 0 Å². The zero-order valence-electron chi connectivity index (χ0n) is 10.9. The van der Waals surface area contributed by atoms with E-state index in [9.17, 15) is 0 Å². The molecule has 0 spiro atoms. The summed E-state index contributed by atoms with van der Waals surface area (Å²) in [6, 6.07) is 10.7. The second kappa shape index (κ2) is 6.36. The van der Waals surface area contributed by atoms with Gasteiger partial charge in [0.25, 0.3) is 0 Å². The van der Waals surface area contributed by atoms with Crippen LogP contribution in [0.15, 0.2) is 42.9 Å². The Morgan fingerprint density at radius 1 is 1.28 bits per heavy atom. The van der Waals surface area contributed by atoms with Gasteiger partial charge in [-0.05, 0) is 18.4 Å². The van der Waals surface area contributed by atoms with E-state index >= 15 is 0 Å². The number of nitrogens with zero attached hydrogens (tertiary/aromatic N) is 2. The lowest BCUT2D eigenvalue weighted by Crippen LogP contribution is -2.21. The quantitative estimate of drug-likeness (QED) is 0.846. The largest absolute Gasteiger partial charge is 0.337 e. The SMILES string of the molecule is CCC(N)Cc1cn(CCc2ccccc2)cn1. The molecule has 96 valence electrons. The molecule has 3 heteroatoms. The third-order valence-electron chi connectivity index (χ3n) is 3.18. The standard InChI is InChI=1S/C15H21N3/c1-2-14(16)10-15-11-18(12-17-15)9-8-13-6-4-3-5-7-13/h3-7,11-12,14H,2,8-10,16H2,1H3. The van der Waals surface area contributed by atoms with Crippen molar-refractivity contribution in [3.05, 3.63) is 54.1 Å². The zero-order chi connectivity index (χ0) is 12.8. The van der Waals surface area contributed by atoms with E-state index in [0.29, 0.717) is 0 Å². The first-order valence-corrected chi connectivity index (χ1v) is 6.58. The van der Waals surface area contributed by atoms with Gasteiger partial charge in [-0.1, -0.05) is 37.3 Å². The van der Waals surface area contributed by atoms with Crippen LogP contribution in [0.5, 0.6) is 0 Å². The Bertz CT molecular complexity index is 462. The van der Waals surface area contributed by atoms with Crippen molar-refractivity contribution in [2.75, 3.05) is 0 Å². The monoisotopic (exact) mass is 243 g/mol. The third-order valence-corrected chi connectivity index (χ3v) is 3.18. The Hall–Kier alpha value is -1.61. The summed E-state index contributed by atoms with van der Waals surface area (Å²) < 4.78 is 2.14. The fourth-order valence-electron chi connectivity index (χ4n) is 1.95. The fraction of sp³-hybridized carbons (Fsp3) is 0.400. The molecule has 1 unspecified atom stereocenters. The predicted molar refractivity (Wildman–Crippen MR) is 74.3 cm³/mol. The third kappa shape index (κ3) is 3.70. The fourth-order valence-corrected chi connectivity index (χ4v) is 1.95. The number of rotatable bonds is 6. The molecule has 1 aromatic heterocycles. The number of hydrogen-bond donors (Lipinski definition) is 1. The van der Waals surface area contributed by atoms with Gasteiger partial charge >= 0.3 is 0 Å². The molecule has 2 aromatic rings. The molecule has 3 nitrogen and oxygen atoms in total. The molecule has 0 saturated carbocycles. The van der Waals surface area contributed by atoms with Crippen LogP contribution in [-0.2, 0) is 19.4 Å². The average molecular weight is 243 g/mol. The van der Waals surface area contributed by atoms with Gasteiger partial charge in [0.05, 0.1) is 12.0 Å². The minimum atomic E-state index is 0.225. The topological polar surface area (TPSA) is 43.8 Å². The van der Waals surface area contributed by atoms with Crippen molar-refractivity contribution in [3.63, 3.8) is 0 Å². The summed E-state index contributed by atoms with van der Waals surface area (Å²) in [4.78, 5) is 4.40. The molecule has 0 bridgehead atoms. The van der Waals surface area contributed by atoms with E-state index < -0.39 is 0 Å². The number of hydrogen-bond acceptors (Lipinski definition) is 2. The van der Waals surface area contributed by atoms with Crippen molar-refractivity contribution in [1.82, 2.24) is 9.55 Å². The highest BCUT2D eigenvalue weighted by Crippen LogP contribution is 2.05. The first-order chi connectivity index (χ1) is 8.78. The zero-order valence-corrected chi connectivity index (χ0v) is 10.9. The van der Waals surface area contributed by atoms with Gasteiger partial charge in [-0.2, -0.15) is 0 Å². The van der Waals surface area contributed by atoms with Crippen molar-refractivity contribution in [2.24, 2.45) is 5.73 Å². The van der Waals surface area contributed by atoms with Gasteiger partial charge in [-0.15, -0.1) is 0 Å². The molecule has 0 amide bonds. The highest BCUT2D eigenvalue weighted by Gasteiger charge is 2.04. The van der Waals surface area contributed by atoms with Gasteiger partial charge in [0.15, 0.2) is 0 Å². The van der Waals surface area contributed by atoms with Gasteiger partial charge in [0.2, 0.25) is 0 Å². The summed E-state index contributed by atoms with van der Waals surface area (Å²) in [5, 5.41) is 0. The maximum absolute atomic E-state index is 5.93. The van der Waals surface area contributed by atoms with Crippen LogP contribution in [0.3, 0.4) is 0 Å². The number of aromatic nitrogens is 2. The molecule has 1 heterocycles. The molecule has 1 atom stereocenters. The Balaban J connectivity index is 1.87. The first kappa shape index (κ1) is 12.8. The Morgan fingerprint density at radius 3 is 2.78 bits per heavy atom. The second-order valence-corrected chi connectivity index (χ2v) is 4.71. The summed E-state index contributed by atoms with van der Waals surface area (Å²) >= 11 is 0. The van der Waals surface area contributed by atoms with Crippen LogP contribution in [0.25, 0.3) is 0 Å². The van der Waals surface area contributed by atoms with E-state index in [1.807, 2.05) is 12.4 Å². The molecular formula is C15H21N3. The van der Waals surface area contributed by atoms with Crippen LogP contribution in [0, 0.1) is 0 Å². The van der Waals surface area contributed by atoms with Gasteiger partial charge in [-0.3, -0.25) is 0 Å². The summed E-state index contributed by atoms with van der Waals surface area (Å²) in [6.07, 6.45) is 6.92. The van der Waals surface area contributed by atoms with E-state index in [4.69, 9.17) is 5.73 Å². The molecule has 18 heavy (non-hydrogen) atoms. The number of benzene rings is 1. The molecular weight excluding hydrogens is 222 g/mol. The molecule has 0 radical (unpaired) electrons. The minimum Gasteiger partial charge on any atom is -0.337 e. The Labute approximate surface area is 109 Å². The molecule has 0 fully saturated rings. The summed E-state index contributed by atoms with van der Waals surface area (Å²) in [7, 11) is 0. The van der Waals surface area contributed by atoms with Gasteiger partial charge in [0, 0.05) is 25.2 Å². The minimum absolute atomic E-state index is 0.225. The summed E-state index contributed by atoms with van der Waals surface area (Å²) in [5.41, 5.74) is 8.38. The lowest BCUT2D eigenvalue weighted by molar-refractivity contribution is 0.636. The van der Waals surface area contributed by atoms with E-state index in [0.717, 1.165) is 31.5 Å². The van der Waals surface area contributed by atoms with Crippen LogP contribution >= 0.6 is 0 Å². The van der Waals surface area contributed by atoms with Gasteiger partial charge < -0.3 is 10.3 Å². The number of imidazole rings is 1. The molecule has 0 aliphatic heterocycles. The van der Waals surface area contributed by atoms with Crippen LogP contribution in [0.4, 0.5) is 0 Å². The lowest BCUT2D eigenvalue weighted by Gasteiger charge is -2.05. The normalized spacial score (nSPS) is 12.6. The lowest BCUT2D eigenvalue weighted by atomic mass is 10.1. The van der Waals surface area contributed by atoms with Crippen LogP contribution < -0.4 is 5.73 Å². The van der Waals surface area contributed by atoms with Crippen molar-refractivity contribution >= 4 is 0 Å². The van der Waals surface area contributed by atoms with E-state index in [1.54, 1.807) is 0 Å². The molecule has 0 saturated heterocycles. The number of aryl methyl sites for hydroxylation is 2. The van der Waals surface area contributed by atoms with Crippen LogP contribution in [0.1, 0.15) is 24.6 Å². The maximum Gasteiger partial charge on any atom is 0.0949 e. The Morgan fingerprint density at radius 2 is 2.06 bits per heavy atom. The molecule has 2 rings (SSSR count). The van der Waals surface area contributed by atoms with Crippen molar-refractivity contribution in [3.8, 4) is 0 Å². The van der Waals surface area contributed by atoms with Crippen LogP contribution in [-0.4, -0.2) is 15.6 Å². The maximum atomic E-state index is 5.93. The van der Waals surface area contributed by atoms with Gasteiger partial charge in [-0.25, -0.2) is 4.98 Å². The molecule has 1 aromatic carbocycles. The molecule has 0 aliphatic carbocycles. The number of nitrogens with two attached hydrogens (primary N) is 1. The van der Waals surface area contributed by atoms with Crippen molar-refractivity contribution in [2.45, 2.75) is 38.8 Å². The average Bonchev–Trinajstić information content (AvgIpc) is 2.85. The Kier molecular flexibility index (Phi) is 4.53.